The summed E-state index contributed by atoms with van der Waals surface area (Å²) in [6, 6.07) is 15.4. The number of ether oxygens (including phenoxy) is 2. The van der Waals surface area contributed by atoms with Crippen LogP contribution in [0.2, 0.25) is 0 Å². The Morgan fingerprint density at radius 2 is 1.75 bits per heavy atom. The van der Waals surface area contributed by atoms with Gasteiger partial charge < -0.3 is 9.47 Å². The van der Waals surface area contributed by atoms with Crippen LogP contribution < -0.4 is 14.8 Å². The van der Waals surface area contributed by atoms with Gasteiger partial charge in [-0.1, -0.05) is 48.6 Å². The van der Waals surface area contributed by atoms with Crippen LogP contribution >= 0.6 is 11.3 Å². The number of aromatic nitrogens is 2. The van der Waals surface area contributed by atoms with Crippen LogP contribution in [-0.4, -0.2) is 29.8 Å². The predicted octanol–water partition coefficient (Wildman–Crippen LogP) is 4.30. The van der Waals surface area contributed by atoms with Gasteiger partial charge in [0, 0.05) is 0 Å². The summed E-state index contributed by atoms with van der Waals surface area (Å²) >= 11 is 1.29. The van der Waals surface area contributed by atoms with Gasteiger partial charge in [-0.25, -0.2) is 0 Å². The quantitative estimate of drug-likeness (QED) is 0.616. The Morgan fingerprint density at radius 3 is 2.43 bits per heavy atom. The fourth-order valence-electron chi connectivity index (χ4n) is 2.36. The number of benzene rings is 2. The van der Waals surface area contributed by atoms with E-state index in [1.165, 1.54) is 16.9 Å². The normalized spacial score (nSPS) is 10.8. The molecule has 0 aliphatic carbocycles. The van der Waals surface area contributed by atoms with E-state index < -0.39 is 0 Å². The molecule has 2 aromatic carbocycles. The lowest BCUT2D eigenvalue weighted by molar-refractivity contribution is -0.118. The summed E-state index contributed by atoms with van der Waals surface area (Å²) in [5.41, 5.74) is 2.24. The van der Waals surface area contributed by atoms with E-state index in [2.05, 4.69) is 22.4 Å². The summed E-state index contributed by atoms with van der Waals surface area (Å²) in [4.78, 5) is 12.0. The maximum Gasteiger partial charge on any atom is 0.264 e. The molecule has 28 heavy (non-hydrogen) atoms. The van der Waals surface area contributed by atoms with Gasteiger partial charge in [-0.15, -0.1) is 10.2 Å². The number of methoxy groups -OCH3 is 1. The van der Waals surface area contributed by atoms with Crippen molar-refractivity contribution in [3.05, 3.63) is 64.7 Å². The van der Waals surface area contributed by atoms with E-state index in [4.69, 9.17) is 9.47 Å². The van der Waals surface area contributed by atoms with Crippen molar-refractivity contribution in [2.24, 2.45) is 0 Å². The van der Waals surface area contributed by atoms with Crippen molar-refractivity contribution in [3.63, 3.8) is 0 Å². The molecule has 0 unspecified atom stereocenters. The Bertz CT molecular complexity index is 934. The molecule has 0 fully saturated rings. The SMILES string of the molecule is CCc1ccc(OCC(=O)Nc2nnc(C=Cc3ccc(OC)cc3)s2)cc1. The van der Waals surface area contributed by atoms with Gasteiger partial charge in [0.15, 0.2) is 6.61 Å². The lowest BCUT2D eigenvalue weighted by Crippen LogP contribution is -2.20. The number of carbonyl (C=O) groups is 1. The molecule has 0 spiro atoms. The largest absolute Gasteiger partial charge is 0.497 e. The van der Waals surface area contributed by atoms with Crippen LogP contribution in [0.4, 0.5) is 5.13 Å². The van der Waals surface area contributed by atoms with Crippen molar-refractivity contribution in [1.29, 1.82) is 0 Å². The van der Waals surface area contributed by atoms with E-state index in [9.17, 15) is 4.79 Å². The van der Waals surface area contributed by atoms with Crippen LogP contribution in [0, 0.1) is 0 Å². The molecule has 1 heterocycles. The average Bonchev–Trinajstić information content (AvgIpc) is 3.18. The first-order chi connectivity index (χ1) is 13.7. The summed E-state index contributed by atoms with van der Waals surface area (Å²) in [6.07, 6.45) is 4.74. The third kappa shape index (κ3) is 5.65. The summed E-state index contributed by atoms with van der Waals surface area (Å²) < 4.78 is 10.6. The average molecular weight is 395 g/mol. The maximum absolute atomic E-state index is 12.0. The number of hydrogen-bond donors (Lipinski definition) is 1. The van der Waals surface area contributed by atoms with Crippen molar-refractivity contribution in [2.45, 2.75) is 13.3 Å². The Labute approximate surface area is 167 Å². The van der Waals surface area contributed by atoms with E-state index in [0.717, 1.165) is 17.7 Å². The summed E-state index contributed by atoms with van der Waals surface area (Å²) in [5.74, 6) is 1.19. The zero-order chi connectivity index (χ0) is 19.8. The van der Waals surface area contributed by atoms with Crippen molar-refractivity contribution in [2.75, 3.05) is 19.0 Å². The monoisotopic (exact) mass is 395 g/mol. The Morgan fingerprint density at radius 1 is 1.04 bits per heavy atom. The van der Waals surface area contributed by atoms with Crippen LogP contribution in [0.15, 0.2) is 48.5 Å². The number of rotatable bonds is 8. The third-order valence-corrected chi connectivity index (χ3v) is 4.73. The second kappa shape index (κ2) is 9.66. The fraction of sp³-hybridized carbons (Fsp3) is 0.190. The molecule has 3 rings (SSSR count). The van der Waals surface area contributed by atoms with Gasteiger partial charge in [-0.2, -0.15) is 0 Å². The Kier molecular flexibility index (Phi) is 6.75. The first-order valence-corrected chi connectivity index (χ1v) is 9.65. The van der Waals surface area contributed by atoms with Crippen LogP contribution in [0.3, 0.4) is 0 Å². The number of amides is 1. The second-order valence-corrected chi connectivity index (χ2v) is 6.90. The van der Waals surface area contributed by atoms with E-state index in [-0.39, 0.29) is 12.5 Å². The molecule has 0 radical (unpaired) electrons. The highest BCUT2D eigenvalue weighted by Gasteiger charge is 2.08. The van der Waals surface area contributed by atoms with E-state index in [0.29, 0.717) is 15.9 Å². The van der Waals surface area contributed by atoms with Crippen LogP contribution in [0.25, 0.3) is 12.2 Å². The molecule has 1 amide bonds. The first-order valence-electron chi connectivity index (χ1n) is 8.83. The summed E-state index contributed by atoms with van der Waals surface area (Å²) in [7, 11) is 1.63. The smallest absolute Gasteiger partial charge is 0.264 e. The number of nitrogens with zero attached hydrogens (tertiary/aromatic N) is 2. The number of aryl methyl sites for hydroxylation is 1. The molecule has 1 aromatic heterocycles. The standard InChI is InChI=1S/C21H21N3O3S/c1-3-15-4-11-18(12-5-15)27-14-19(25)22-21-24-23-20(28-21)13-8-16-6-9-17(26-2)10-7-16/h4-13H,3,14H2,1-2H3,(H,22,24,25). The molecule has 0 aliphatic heterocycles. The fourth-order valence-corrected chi connectivity index (χ4v) is 3.02. The zero-order valence-corrected chi connectivity index (χ0v) is 16.5. The van der Waals surface area contributed by atoms with Crippen molar-refractivity contribution in [3.8, 4) is 11.5 Å². The topological polar surface area (TPSA) is 73.3 Å². The first kappa shape index (κ1) is 19.6. The van der Waals surface area contributed by atoms with Crippen molar-refractivity contribution < 1.29 is 14.3 Å². The molecule has 1 N–H and O–H groups in total. The lowest BCUT2D eigenvalue weighted by atomic mass is 10.2. The van der Waals surface area contributed by atoms with Gasteiger partial charge >= 0.3 is 0 Å². The van der Waals surface area contributed by atoms with Gasteiger partial charge in [-0.3, -0.25) is 10.1 Å². The second-order valence-electron chi connectivity index (χ2n) is 5.89. The van der Waals surface area contributed by atoms with Crippen LogP contribution in [-0.2, 0) is 11.2 Å². The molecule has 0 saturated heterocycles. The lowest BCUT2D eigenvalue weighted by Gasteiger charge is -2.06. The molecule has 0 saturated carbocycles. The van der Waals surface area contributed by atoms with Crippen LogP contribution in [0.1, 0.15) is 23.1 Å². The third-order valence-electron chi connectivity index (χ3n) is 3.92. The highest BCUT2D eigenvalue weighted by molar-refractivity contribution is 7.16. The molecule has 0 bridgehead atoms. The molecular weight excluding hydrogens is 374 g/mol. The zero-order valence-electron chi connectivity index (χ0n) is 15.7. The molecule has 0 atom stereocenters. The molecular formula is C21H21N3O3S. The highest BCUT2D eigenvalue weighted by atomic mass is 32.1. The number of carbonyl (C=O) groups excluding carboxylic acids is 1. The Hall–Kier alpha value is -3.19. The van der Waals surface area contributed by atoms with E-state index in [1.54, 1.807) is 7.11 Å². The molecule has 6 nitrogen and oxygen atoms in total. The number of hydrogen-bond acceptors (Lipinski definition) is 6. The number of anilines is 1. The molecule has 3 aromatic rings. The minimum Gasteiger partial charge on any atom is -0.497 e. The van der Waals surface area contributed by atoms with Gasteiger partial charge in [0.1, 0.15) is 16.5 Å². The van der Waals surface area contributed by atoms with Gasteiger partial charge in [0.05, 0.1) is 7.11 Å². The molecule has 0 aliphatic rings. The van der Waals surface area contributed by atoms with Crippen molar-refractivity contribution >= 4 is 34.5 Å². The summed E-state index contributed by atoms with van der Waals surface area (Å²) in [5, 5.41) is 11.9. The highest BCUT2D eigenvalue weighted by Crippen LogP contribution is 2.19. The minimum absolute atomic E-state index is 0.0813. The molecule has 144 valence electrons. The van der Waals surface area contributed by atoms with Crippen molar-refractivity contribution in [1.82, 2.24) is 10.2 Å². The predicted molar refractivity (Wildman–Crippen MR) is 112 cm³/mol. The summed E-state index contributed by atoms with van der Waals surface area (Å²) in [6.45, 7) is 2.01. The van der Waals surface area contributed by atoms with E-state index >= 15 is 0 Å². The van der Waals surface area contributed by atoms with Gasteiger partial charge in [-0.05, 0) is 47.9 Å². The number of nitrogens with one attached hydrogen (secondary N) is 1. The van der Waals surface area contributed by atoms with Crippen LogP contribution in [0.5, 0.6) is 11.5 Å². The van der Waals surface area contributed by atoms with Gasteiger partial charge in [0.25, 0.3) is 5.91 Å². The van der Waals surface area contributed by atoms with Gasteiger partial charge in [0.2, 0.25) is 5.13 Å². The molecule has 7 heteroatoms. The maximum atomic E-state index is 12.0. The Balaban J connectivity index is 1.50. The van der Waals surface area contributed by atoms with E-state index in [1.807, 2.05) is 60.7 Å². The minimum atomic E-state index is -0.276.